The van der Waals surface area contributed by atoms with E-state index in [1.54, 1.807) is 19.5 Å². The Hall–Kier alpha value is -4.62. The van der Waals surface area contributed by atoms with Gasteiger partial charge in [-0.3, -0.25) is 4.98 Å². The highest BCUT2D eigenvalue weighted by atomic mass is 16.5. The first kappa shape index (κ1) is 25.0. The molecule has 10 nitrogen and oxygen atoms in total. The molecule has 0 bridgehead atoms. The van der Waals surface area contributed by atoms with Crippen molar-refractivity contribution in [2.45, 2.75) is 6.61 Å². The van der Waals surface area contributed by atoms with Crippen LogP contribution < -0.4 is 24.6 Å². The molecule has 0 radical (unpaired) electrons. The predicted octanol–water partition coefficient (Wildman–Crippen LogP) is 4.13. The third-order valence-electron chi connectivity index (χ3n) is 6.25. The van der Waals surface area contributed by atoms with Crippen LogP contribution in [0.2, 0.25) is 0 Å². The number of hydrogen-bond acceptors (Lipinski definition) is 10. The van der Waals surface area contributed by atoms with Crippen LogP contribution in [-0.2, 0) is 11.3 Å². The molecule has 0 spiro atoms. The Morgan fingerprint density at radius 1 is 1.05 bits per heavy atom. The number of benzene rings is 2. The number of rotatable bonds is 8. The van der Waals surface area contributed by atoms with Crippen LogP contribution in [0.3, 0.4) is 0 Å². The SMILES string of the molecule is COc1cc(Nc2ccc3ncc(N4CCOCC4)nc3c2C#N)ccc1OCc1ccc(N(C)C)nc1. The van der Waals surface area contributed by atoms with Crippen molar-refractivity contribution in [3.63, 3.8) is 0 Å². The summed E-state index contributed by atoms with van der Waals surface area (Å²) in [5.74, 6) is 2.80. The third-order valence-corrected chi connectivity index (χ3v) is 6.25. The molecule has 0 saturated carbocycles. The highest BCUT2D eigenvalue weighted by molar-refractivity contribution is 5.89. The van der Waals surface area contributed by atoms with Gasteiger partial charge in [-0.15, -0.1) is 0 Å². The lowest BCUT2D eigenvalue weighted by Crippen LogP contribution is -2.36. The summed E-state index contributed by atoms with van der Waals surface area (Å²) in [6.45, 7) is 3.14. The number of ether oxygens (including phenoxy) is 3. The zero-order valence-corrected chi connectivity index (χ0v) is 21.6. The number of pyridine rings is 1. The Morgan fingerprint density at radius 2 is 1.89 bits per heavy atom. The summed E-state index contributed by atoms with van der Waals surface area (Å²) in [5, 5.41) is 13.4. The second kappa shape index (κ2) is 11.2. The number of nitrogens with one attached hydrogen (secondary N) is 1. The number of nitriles is 1. The standard InChI is InChI=1S/C28H29N7O3/c1-34(2)26-9-4-19(16-31-26)18-38-24-8-5-20(14-25(24)36-3)32-22-6-7-23-28(21(22)15-29)33-27(17-30-23)35-10-12-37-13-11-35/h4-9,14,16-17,32H,10-13,18H2,1-3H3. The Morgan fingerprint density at radius 3 is 2.61 bits per heavy atom. The zero-order chi connectivity index (χ0) is 26.5. The molecule has 4 aromatic rings. The molecule has 10 heteroatoms. The molecule has 2 aromatic heterocycles. The fourth-order valence-corrected chi connectivity index (χ4v) is 4.18. The summed E-state index contributed by atoms with van der Waals surface area (Å²) in [4.78, 5) is 17.8. The Balaban J connectivity index is 1.35. The first-order valence-corrected chi connectivity index (χ1v) is 12.3. The lowest BCUT2D eigenvalue weighted by molar-refractivity contribution is 0.122. The highest BCUT2D eigenvalue weighted by Gasteiger charge is 2.17. The highest BCUT2D eigenvalue weighted by Crippen LogP contribution is 2.34. The minimum atomic E-state index is 0.358. The van der Waals surface area contributed by atoms with E-state index in [2.05, 4.69) is 26.3 Å². The van der Waals surface area contributed by atoms with Gasteiger partial charge in [0.15, 0.2) is 11.5 Å². The first-order valence-electron chi connectivity index (χ1n) is 12.3. The fraction of sp³-hybridized carbons (Fsp3) is 0.286. The molecule has 194 valence electrons. The van der Waals surface area contributed by atoms with Crippen LogP contribution in [0.25, 0.3) is 11.0 Å². The number of morpholine rings is 1. The van der Waals surface area contributed by atoms with Crippen molar-refractivity contribution < 1.29 is 14.2 Å². The largest absolute Gasteiger partial charge is 0.493 e. The quantitative estimate of drug-likeness (QED) is 0.371. The van der Waals surface area contributed by atoms with E-state index in [9.17, 15) is 5.26 Å². The summed E-state index contributed by atoms with van der Waals surface area (Å²) in [5.41, 5.74) is 3.99. The monoisotopic (exact) mass is 511 g/mol. The van der Waals surface area contributed by atoms with Gasteiger partial charge in [0.1, 0.15) is 35.4 Å². The van der Waals surface area contributed by atoms with Crippen molar-refractivity contribution >= 4 is 34.0 Å². The number of methoxy groups -OCH3 is 1. The molecular weight excluding hydrogens is 482 g/mol. The molecule has 1 aliphatic heterocycles. The number of nitrogens with zero attached hydrogens (tertiary/aromatic N) is 6. The molecule has 1 saturated heterocycles. The summed E-state index contributed by atoms with van der Waals surface area (Å²) in [7, 11) is 5.50. The Labute approximate surface area is 221 Å². The van der Waals surface area contributed by atoms with Crippen LogP contribution in [0.1, 0.15) is 11.1 Å². The van der Waals surface area contributed by atoms with Gasteiger partial charge >= 0.3 is 0 Å². The van der Waals surface area contributed by atoms with Gasteiger partial charge in [-0.05, 0) is 30.3 Å². The number of anilines is 4. The van der Waals surface area contributed by atoms with E-state index in [-0.39, 0.29) is 0 Å². The summed E-state index contributed by atoms with van der Waals surface area (Å²) in [6.07, 6.45) is 3.55. The molecule has 0 atom stereocenters. The molecule has 1 fully saturated rings. The minimum absolute atomic E-state index is 0.358. The normalized spacial score (nSPS) is 13.2. The summed E-state index contributed by atoms with van der Waals surface area (Å²) in [6, 6.07) is 15.5. The van der Waals surface area contributed by atoms with E-state index in [1.165, 1.54) is 0 Å². The lowest BCUT2D eigenvalue weighted by atomic mass is 10.1. The molecule has 38 heavy (non-hydrogen) atoms. The second-order valence-corrected chi connectivity index (χ2v) is 8.99. The maximum atomic E-state index is 10.0. The smallest absolute Gasteiger partial charge is 0.162 e. The van der Waals surface area contributed by atoms with E-state index < -0.39 is 0 Å². The van der Waals surface area contributed by atoms with E-state index in [4.69, 9.17) is 19.2 Å². The van der Waals surface area contributed by atoms with Crippen molar-refractivity contribution in [1.29, 1.82) is 5.26 Å². The molecule has 0 aliphatic carbocycles. The maximum absolute atomic E-state index is 10.0. The van der Waals surface area contributed by atoms with Gasteiger partial charge in [-0.2, -0.15) is 5.26 Å². The van der Waals surface area contributed by atoms with Crippen LogP contribution >= 0.6 is 0 Å². The predicted molar refractivity (Wildman–Crippen MR) is 146 cm³/mol. The van der Waals surface area contributed by atoms with Gasteiger partial charge in [0.2, 0.25) is 0 Å². The van der Waals surface area contributed by atoms with Gasteiger partial charge in [-0.25, -0.2) is 9.97 Å². The van der Waals surface area contributed by atoms with Crippen molar-refractivity contribution in [3.05, 3.63) is 66.0 Å². The Bertz CT molecular complexity index is 1460. The molecule has 1 N–H and O–H groups in total. The van der Waals surface area contributed by atoms with Crippen molar-refractivity contribution in [1.82, 2.24) is 15.0 Å². The third kappa shape index (κ3) is 5.38. The van der Waals surface area contributed by atoms with Crippen molar-refractivity contribution in [2.24, 2.45) is 0 Å². The molecule has 2 aromatic carbocycles. The fourth-order valence-electron chi connectivity index (χ4n) is 4.18. The molecular formula is C28H29N7O3. The lowest BCUT2D eigenvalue weighted by Gasteiger charge is -2.27. The first-order chi connectivity index (χ1) is 18.6. The van der Waals surface area contributed by atoms with E-state index in [0.29, 0.717) is 53.6 Å². The molecule has 0 amide bonds. The Kier molecular flexibility index (Phi) is 7.38. The molecule has 0 unspecified atom stereocenters. The average Bonchev–Trinajstić information content (AvgIpc) is 2.96. The van der Waals surface area contributed by atoms with E-state index in [1.807, 2.05) is 61.5 Å². The zero-order valence-electron chi connectivity index (χ0n) is 21.6. The van der Waals surface area contributed by atoms with E-state index in [0.717, 1.165) is 36.0 Å². The van der Waals surface area contributed by atoms with Gasteiger partial charge in [0.25, 0.3) is 0 Å². The van der Waals surface area contributed by atoms with Crippen molar-refractivity contribution in [2.75, 3.05) is 62.6 Å². The molecule has 5 rings (SSSR count). The molecule has 3 heterocycles. The van der Waals surface area contributed by atoms with Crippen LogP contribution in [0.5, 0.6) is 11.5 Å². The maximum Gasteiger partial charge on any atom is 0.162 e. The van der Waals surface area contributed by atoms with Crippen LogP contribution in [0.15, 0.2) is 54.9 Å². The number of aromatic nitrogens is 3. The van der Waals surface area contributed by atoms with Gasteiger partial charge < -0.3 is 29.3 Å². The van der Waals surface area contributed by atoms with Crippen LogP contribution in [0.4, 0.5) is 23.0 Å². The van der Waals surface area contributed by atoms with Crippen molar-refractivity contribution in [3.8, 4) is 17.6 Å². The van der Waals surface area contributed by atoms with Gasteiger partial charge in [0, 0.05) is 50.7 Å². The number of fused-ring (bicyclic) bond motifs is 1. The molecule has 1 aliphatic rings. The van der Waals surface area contributed by atoms with Crippen LogP contribution in [0, 0.1) is 11.3 Å². The van der Waals surface area contributed by atoms with Gasteiger partial charge in [0.05, 0.1) is 37.7 Å². The minimum Gasteiger partial charge on any atom is -0.493 e. The van der Waals surface area contributed by atoms with E-state index >= 15 is 0 Å². The van der Waals surface area contributed by atoms with Crippen LogP contribution in [-0.4, -0.2) is 62.5 Å². The average molecular weight is 512 g/mol. The summed E-state index contributed by atoms with van der Waals surface area (Å²) < 4.78 is 17.0. The summed E-state index contributed by atoms with van der Waals surface area (Å²) >= 11 is 0. The van der Waals surface area contributed by atoms with Gasteiger partial charge in [-0.1, -0.05) is 6.07 Å². The number of hydrogen-bond donors (Lipinski definition) is 1. The topological polar surface area (TPSA) is 109 Å². The second-order valence-electron chi connectivity index (χ2n) is 8.99.